The van der Waals surface area contributed by atoms with E-state index in [0.717, 1.165) is 28.7 Å². The summed E-state index contributed by atoms with van der Waals surface area (Å²) in [6, 6.07) is 20.5. The zero-order valence-corrected chi connectivity index (χ0v) is 16.2. The lowest BCUT2D eigenvalue weighted by Crippen LogP contribution is -2.00. The molecule has 3 heteroatoms. The van der Waals surface area contributed by atoms with Crippen molar-refractivity contribution in [1.82, 2.24) is 0 Å². The molecule has 0 bridgehead atoms. The normalized spacial score (nSPS) is 11.1. The Morgan fingerprint density at radius 1 is 0.963 bits per heavy atom. The third kappa shape index (κ3) is 4.55. The van der Waals surface area contributed by atoms with E-state index in [4.69, 9.17) is 9.47 Å². The van der Waals surface area contributed by atoms with E-state index in [1.807, 2.05) is 24.3 Å². The number of hydrogen-bond acceptors (Lipinski definition) is 3. The van der Waals surface area contributed by atoms with Crippen molar-refractivity contribution in [3.05, 3.63) is 82.9 Å². The highest BCUT2D eigenvalue weighted by Crippen LogP contribution is 2.34. The van der Waals surface area contributed by atoms with Gasteiger partial charge in [0, 0.05) is 0 Å². The number of carbonyl (C=O) groups is 1. The van der Waals surface area contributed by atoms with Crippen LogP contribution in [-0.4, -0.2) is 19.7 Å². The van der Waals surface area contributed by atoms with Crippen LogP contribution in [0.1, 0.15) is 46.8 Å². The minimum absolute atomic E-state index is 0.294. The van der Waals surface area contributed by atoms with Crippen molar-refractivity contribution in [2.45, 2.75) is 32.8 Å². The molecule has 0 fully saturated rings. The fraction of sp³-hybridized carbons (Fsp3) is 0.292. The molecule has 0 amide bonds. The number of rotatable bonds is 7. The second kappa shape index (κ2) is 8.83. The van der Waals surface area contributed by atoms with Crippen LogP contribution >= 0.6 is 0 Å². The highest BCUT2D eigenvalue weighted by Gasteiger charge is 2.21. The second-order valence-corrected chi connectivity index (χ2v) is 7.02. The number of fused-ring (bicyclic) bond motifs is 1. The molecule has 0 N–H and O–H groups in total. The van der Waals surface area contributed by atoms with Gasteiger partial charge in [-0.3, -0.25) is 0 Å². The zero-order chi connectivity index (χ0) is 19.2. The molecule has 0 saturated heterocycles. The average molecular weight is 362 g/mol. The molecular weight excluding hydrogens is 336 g/mol. The highest BCUT2D eigenvalue weighted by atomic mass is 16.5. The van der Waals surface area contributed by atoms with Crippen LogP contribution < -0.4 is 0 Å². The van der Waals surface area contributed by atoms with Crippen LogP contribution in [0.5, 0.6) is 0 Å². The van der Waals surface area contributed by atoms with Crippen LogP contribution in [-0.2, 0) is 22.5 Å². The largest absolute Gasteiger partial charge is 0.465 e. The van der Waals surface area contributed by atoms with Crippen molar-refractivity contribution in [2.75, 3.05) is 13.7 Å². The molecule has 0 atom stereocenters. The van der Waals surface area contributed by atoms with Crippen LogP contribution in [0.25, 0.3) is 11.1 Å². The first-order valence-corrected chi connectivity index (χ1v) is 9.35. The molecule has 3 nitrogen and oxygen atoms in total. The summed E-state index contributed by atoms with van der Waals surface area (Å²) < 4.78 is 10.8. The predicted molar refractivity (Wildman–Crippen MR) is 108 cm³/mol. The molecule has 0 spiro atoms. The maximum Gasteiger partial charge on any atom is 0.338 e. The summed E-state index contributed by atoms with van der Waals surface area (Å²) in [4.78, 5) is 12.3. The van der Waals surface area contributed by atoms with Crippen molar-refractivity contribution in [1.29, 1.82) is 0 Å². The van der Waals surface area contributed by atoms with Gasteiger partial charge >= 0.3 is 5.97 Å². The molecule has 0 aliphatic heterocycles. The Labute approximate surface area is 161 Å². The first-order valence-electron chi connectivity index (χ1n) is 9.35. The lowest BCUT2D eigenvalue weighted by atomic mass is 10.0. The smallest absolute Gasteiger partial charge is 0.338 e. The summed E-state index contributed by atoms with van der Waals surface area (Å²) in [6.45, 7) is 5.50. The van der Waals surface area contributed by atoms with Crippen LogP contribution in [0, 0.1) is 0 Å². The molecule has 1 aromatic carbocycles. The molecule has 2 aliphatic carbocycles. The van der Waals surface area contributed by atoms with Crippen LogP contribution in [0.15, 0.2) is 60.7 Å². The number of hydrogen-bond donors (Lipinski definition) is 0. The van der Waals surface area contributed by atoms with Crippen molar-refractivity contribution in [3.63, 3.8) is 0 Å². The fourth-order valence-electron chi connectivity index (χ4n) is 3.26. The lowest BCUT2D eigenvalue weighted by Gasteiger charge is -2.06. The maximum absolute atomic E-state index is 12.3. The summed E-state index contributed by atoms with van der Waals surface area (Å²) in [5.74, 6) is 0.0935. The third-order valence-corrected chi connectivity index (χ3v) is 4.81. The SMILES string of the molecule is COC(=O)c1cc(CCOCc2ccccc2)c2cccc(C(C)C)cc1-2. The number of ether oxygens (including phenoxy) is 2. The molecular formula is C24H26O3. The molecule has 2 aliphatic rings. The van der Waals surface area contributed by atoms with E-state index in [1.54, 1.807) is 0 Å². The van der Waals surface area contributed by atoms with Gasteiger partial charge in [-0.25, -0.2) is 4.79 Å². The number of esters is 1. The lowest BCUT2D eigenvalue weighted by molar-refractivity contribution is 0.0602. The zero-order valence-electron chi connectivity index (χ0n) is 16.2. The van der Waals surface area contributed by atoms with E-state index >= 15 is 0 Å². The van der Waals surface area contributed by atoms with Crippen LogP contribution in [0.2, 0.25) is 0 Å². The predicted octanol–water partition coefficient (Wildman–Crippen LogP) is 5.46. The first-order chi connectivity index (χ1) is 13.1. The minimum atomic E-state index is -0.294. The van der Waals surface area contributed by atoms with Gasteiger partial charge in [-0.05, 0) is 46.2 Å². The number of benzene rings is 1. The average Bonchev–Trinajstić information content (AvgIpc) is 2.87. The van der Waals surface area contributed by atoms with E-state index in [2.05, 4.69) is 50.2 Å². The fourth-order valence-corrected chi connectivity index (χ4v) is 3.26. The Hall–Kier alpha value is -2.65. The monoisotopic (exact) mass is 362 g/mol. The van der Waals surface area contributed by atoms with Gasteiger partial charge in [0.05, 0.1) is 25.9 Å². The molecule has 0 saturated carbocycles. The van der Waals surface area contributed by atoms with Crippen molar-refractivity contribution in [3.8, 4) is 11.1 Å². The van der Waals surface area contributed by atoms with Gasteiger partial charge in [0.15, 0.2) is 0 Å². The first kappa shape index (κ1) is 19.1. The molecule has 0 unspecified atom stereocenters. The van der Waals surface area contributed by atoms with Gasteiger partial charge in [0.25, 0.3) is 0 Å². The number of carbonyl (C=O) groups excluding carboxylic acids is 1. The summed E-state index contributed by atoms with van der Waals surface area (Å²) in [5.41, 5.74) is 6.15. The Morgan fingerprint density at radius 3 is 2.44 bits per heavy atom. The van der Waals surface area contributed by atoms with Gasteiger partial charge in [0.1, 0.15) is 0 Å². The maximum atomic E-state index is 12.3. The Kier molecular flexibility index (Phi) is 6.25. The molecule has 3 rings (SSSR count). The standard InChI is InChI=1S/C24H26O3/c1-17(2)19-10-7-11-21-20(15-23(22(21)14-19)24(25)26-3)12-13-27-16-18-8-5-4-6-9-18/h4-11,14-15,17H,12-13,16H2,1-3H3. The van der Waals surface area contributed by atoms with Crippen molar-refractivity contribution in [2.24, 2.45) is 0 Å². The van der Waals surface area contributed by atoms with Gasteiger partial charge in [-0.15, -0.1) is 0 Å². The molecule has 27 heavy (non-hydrogen) atoms. The Morgan fingerprint density at radius 2 is 1.74 bits per heavy atom. The van der Waals surface area contributed by atoms with Crippen LogP contribution in [0.3, 0.4) is 0 Å². The summed E-state index contributed by atoms with van der Waals surface area (Å²) >= 11 is 0. The molecule has 0 radical (unpaired) electrons. The molecule has 0 aromatic heterocycles. The minimum Gasteiger partial charge on any atom is -0.465 e. The molecule has 1 aromatic rings. The van der Waals surface area contributed by atoms with Gasteiger partial charge in [-0.2, -0.15) is 0 Å². The quantitative estimate of drug-likeness (QED) is 0.413. The van der Waals surface area contributed by atoms with E-state index in [9.17, 15) is 4.79 Å². The summed E-state index contributed by atoms with van der Waals surface area (Å²) in [5, 5.41) is 0. The second-order valence-electron chi connectivity index (χ2n) is 7.02. The van der Waals surface area contributed by atoms with E-state index in [-0.39, 0.29) is 5.97 Å². The Balaban J connectivity index is 1.80. The summed E-state index contributed by atoms with van der Waals surface area (Å²) in [6.07, 6.45) is 0.751. The highest BCUT2D eigenvalue weighted by molar-refractivity contribution is 6.00. The van der Waals surface area contributed by atoms with E-state index < -0.39 is 0 Å². The van der Waals surface area contributed by atoms with Gasteiger partial charge in [-0.1, -0.05) is 68.4 Å². The third-order valence-electron chi connectivity index (χ3n) is 4.81. The van der Waals surface area contributed by atoms with Gasteiger partial charge in [0.2, 0.25) is 0 Å². The topological polar surface area (TPSA) is 35.5 Å². The van der Waals surface area contributed by atoms with Gasteiger partial charge < -0.3 is 9.47 Å². The molecule has 140 valence electrons. The van der Waals surface area contributed by atoms with Crippen molar-refractivity contribution < 1.29 is 14.3 Å². The number of methoxy groups -OCH3 is 1. The Bertz CT molecular complexity index is 868. The van der Waals surface area contributed by atoms with E-state index in [0.29, 0.717) is 24.7 Å². The molecule has 0 heterocycles. The van der Waals surface area contributed by atoms with Crippen LogP contribution in [0.4, 0.5) is 0 Å². The summed E-state index contributed by atoms with van der Waals surface area (Å²) in [7, 11) is 1.43. The van der Waals surface area contributed by atoms with Crippen molar-refractivity contribution >= 4 is 5.97 Å². The van der Waals surface area contributed by atoms with E-state index in [1.165, 1.54) is 12.7 Å².